The van der Waals surface area contributed by atoms with Crippen LogP contribution in [0.4, 0.5) is 4.39 Å². The van der Waals surface area contributed by atoms with Gasteiger partial charge in [0.05, 0.1) is 11.6 Å². The lowest BCUT2D eigenvalue weighted by molar-refractivity contribution is -0.125. The van der Waals surface area contributed by atoms with Crippen LogP contribution in [0.15, 0.2) is 18.2 Å². The van der Waals surface area contributed by atoms with Gasteiger partial charge in [0, 0.05) is 0 Å². The first kappa shape index (κ1) is 16.9. The van der Waals surface area contributed by atoms with Gasteiger partial charge < -0.3 is 10.1 Å². The summed E-state index contributed by atoms with van der Waals surface area (Å²) in [7, 11) is 0. The standard InChI is InChI=1S/C17H19FN2O3/c1-12-5-6-13(9-14(12)18)16(22)23-10-15(21)20-17(11-19)7-3-2-4-8-17/h5-6,9H,2-4,7-8,10H2,1H3,(H,20,21). The van der Waals surface area contributed by atoms with E-state index in [4.69, 9.17) is 4.74 Å². The molecular weight excluding hydrogens is 299 g/mol. The molecule has 2 rings (SSSR count). The van der Waals surface area contributed by atoms with E-state index in [1.807, 2.05) is 0 Å². The van der Waals surface area contributed by atoms with Crippen molar-refractivity contribution in [1.82, 2.24) is 5.32 Å². The van der Waals surface area contributed by atoms with Crippen LogP contribution in [0.1, 0.15) is 48.0 Å². The molecular formula is C17H19FN2O3. The number of carbonyl (C=O) groups is 2. The number of hydrogen-bond donors (Lipinski definition) is 1. The van der Waals surface area contributed by atoms with Crippen molar-refractivity contribution in [2.45, 2.75) is 44.6 Å². The van der Waals surface area contributed by atoms with Gasteiger partial charge in [0.25, 0.3) is 5.91 Å². The molecule has 0 atom stereocenters. The Morgan fingerprint density at radius 3 is 2.65 bits per heavy atom. The fraction of sp³-hybridized carbons (Fsp3) is 0.471. The Kier molecular flexibility index (Phi) is 5.32. The number of nitrogens with one attached hydrogen (secondary N) is 1. The average Bonchev–Trinajstić information content (AvgIpc) is 2.56. The van der Waals surface area contributed by atoms with Crippen LogP contribution in [-0.2, 0) is 9.53 Å². The van der Waals surface area contributed by atoms with E-state index in [0.717, 1.165) is 25.3 Å². The average molecular weight is 318 g/mol. The molecule has 0 radical (unpaired) electrons. The van der Waals surface area contributed by atoms with Crippen molar-refractivity contribution in [2.24, 2.45) is 0 Å². The predicted octanol–water partition coefficient (Wildman–Crippen LogP) is 2.63. The molecule has 1 aromatic carbocycles. The summed E-state index contributed by atoms with van der Waals surface area (Å²) in [4.78, 5) is 23.7. The first-order valence-corrected chi connectivity index (χ1v) is 7.61. The lowest BCUT2D eigenvalue weighted by Crippen LogP contribution is -2.50. The maximum absolute atomic E-state index is 13.4. The quantitative estimate of drug-likeness (QED) is 0.866. The Morgan fingerprint density at radius 2 is 2.04 bits per heavy atom. The van der Waals surface area contributed by atoms with Gasteiger partial charge >= 0.3 is 5.97 Å². The molecule has 0 saturated heterocycles. The number of hydrogen-bond acceptors (Lipinski definition) is 4. The summed E-state index contributed by atoms with van der Waals surface area (Å²) in [5, 5.41) is 11.9. The van der Waals surface area contributed by atoms with Gasteiger partial charge in [-0.1, -0.05) is 25.3 Å². The summed E-state index contributed by atoms with van der Waals surface area (Å²) in [5.41, 5.74) is -0.390. The van der Waals surface area contributed by atoms with Crippen LogP contribution in [0.25, 0.3) is 0 Å². The lowest BCUT2D eigenvalue weighted by atomic mass is 9.83. The second kappa shape index (κ2) is 7.23. The largest absolute Gasteiger partial charge is 0.452 e. The van der Waals surface area contributed by atoms with E-state index in [2.05, 4.69) is 11.4 Å². The monoisotopic (exact) mass is 318 g/mol. The topological polar surface area (TPSA) is 79.2 Å². The Labute approximate surface area is 134 Å². The first-order chi connectivity index (χ1) is 11.0. The second-order valence-corrected chi connectivity index (χ2v) is 5.84. The van der Waals surface area contributed by atoms with E-state index in [9.17, 15) is 19.2 Å². The molecule has 0 bridgehead atoms. The van der Waals surface area contributed by atoms with Gasteiger partial charge in [-0.15, -0.1) is 0 Å². The smallest absolute Gasteiger partial charge is 0.338 e. The highest BCUT2D eigenvalue weighted by molar-refractivity contribution is 5.91. The Bertz CT molecular complexity index is 646. The van der Waals surface area contributed by atoms with Crippen LogP contribution in [0.2, 0.25) is 0 Å². The molecule has 0 aliphatic heterocycles. The summed E-state index contributed by atoms with van der Waals surface area (Å²) >= 11 is 0. The van der Waals surface area contributed by atoms with Crippen LogP contribution in [-0.4, -0.2) is 24.0 Å². The normalized spacial score (nSPS) is 16.2. The second-order valence-electron chi connectivity index (χ2n) is 5.84. The zero-order chi connectivity index (χ0) is 16.9. The van der Waals surface area contributed by atoms with E-state index in [1.165, 1.54) is 12.1 Å². The Morgan fingerprint density at radius 1 is 1.35 bits per heavy atom. The number of carbonyl (C=O) groups excluding carboxylic acids is 2. The van der Waals surface area contributed by atoms with Gasteiger partial charge in [0.2, 0.25) is 0 Å². The van der Waals surface area contributed by atoms with E-state index >= 15 is 0 Å². The predicted molar refractivity (Wildman–Crippen MR) is 81.0 cm³/mol. The van der Waals surface area contributed by atoms with Gasteiger partial charge in [-0.3, -0.25) is 4.79 Å². The third-order valence-corrected chi connectivity index (χ3v) is 4.04. The number of rotatable bonds is 4. The van der Waals surface area contributed by atoms with Crippen LogP contribution in [0.5, 0.6) is 0 Å². The molecule has 122 valence electrons. The lowest BCUT2D eigenvalue weighted by Gasteiger charge is -2.31. The molecule has 23 heavy (non-hydrogen) atoms. The third kappa shape index (κ3) is 4.28. The molecule has 1 fully saturated rings. The highest BCUT2D eigenvalue weighted by atomic mass is 19.1. The molecule has 1 N–H and O–H groups in total. The van der Waals surface area contributed by atoms with Crippen molar-refractivity contribution >= 4 is 11.9 Å². The number of aryl methyl sites for hydroxylation is 1. The van der Waals surface area contributed by atoms with Crippen molar-refractivity contribution in [3.8, 4) is 6.07 Å². The highest BCUT2D eigenvalue weighted by Crippen LogP contribution is 2.27. The summed E-state index contributed by atoms with van der Waals surface area (Å²) in [6.45, 7) is 1.10. The van der Waals surface area contributed by atoms with Crippen molar-refractivity contribution in [3.05, 3.63) is 35.1 Å². The zero-order valence-electron chi connectivity index (χ0n) is 13.0. The van der Waals surface area contributed by atoms with Crippen LogP contribution in [0, 0.1) is 24.1 Å². The fourth-order valence-electron chi connectivity index (χ4n) is 2.66. The molecule has 1 aliphatic rings. The SMILES string of the molecule is Cc1ccc(C(=O)OCC(=O)NC2(C#N)CCCCC2)cc1F. The number of ether oxygens (including phenoxy) is 1. The Balaban J connectivity index is 1.89. The molecule has 1 aliphatic carbocycles. The van der Waals surface area contributed by atoms with Crippen molar-refractivity contribution in [3.63, 3.8) is 0 Å². The van der Waals surface area contributed by atoms with Crippen LogP contribution in [0.3, 0.4) is 0 Å². The molecule has 0 unspecified atom stereocenters. The van der Waals surface area contributed by atoms with Gasteiger partial charge in [-0.2, -0.15) is 5.26 Å². The summed E-state index contributed by atoms with van der Waals surface area (Å²) in [5.74, 6) is -1.79. The van der Waals surface area contributed by atoms with E-state index in [-0.39, 0.29) is 5.56 Å². The number of nitrogens with zero attached hydrogens (tertiary/aromatic N) is 1. The minimum Gasteiger partial charge on any atom is -0.452 e. The summed E-state index contributed by atoms with van der Waals surface area (Å²) < 4.78 is 18.3. The number of benzene rings is 1. The van der Waals surface area contributed by atoms with Gasteiger partial charge in [0.1, 0.15) is 11.4 Å². The zero-order valence-corrected chi connectivity index (χ0v) is 13.0. The van der Waals surface area contributed by atoms with Crippen molar-refractivity contribution < 1.29 is 18.7 Å². The molecule has 1 saturated carbocycles. The molecule has 0 aromatic heterocycles. The molecule has 5 nitrogen and oxygen atoms in total. The van der Waals surface area contributed by atoms with Crippen molar-refractivity contribution in [2.75, 3.05) is 6.61 Å². The number of amides is 1. The maximum Gasteiger partial charge on any atom is 0.338 e. The maximum atomic E-state index is 13.4. The first-order valence-electron chi connectivity index (χ1n) is 7.61. The minimum atomic E-state index is -0.863. The van der Waals surface area contributed by atoms with Gasteiger partial charge in [-0.25, -0.2) is 9.18 Å². The van der Waals surface area contributed by atoms with E-state index in [1.54, 1.807) is 6.92 Å². The summed E-state index contributed by atoms with van der Waals surface area (Å²) in [6, 6.07) is 6.15. The minimum absolute atomic E-state index is 0.0496. The fourth-order valence-corrected chi connectivity index (χ4v) is 2.66. The van der Waals surface area contributed by atoms with Gasteiger partial charge in [-0.05, 0) is 37.5 Å². The third-order valence-electron chi connectivity index (χ3n) is 4.04. The number of halogens is 1. The van der Waals surface area contributed by atoms with E-state index in [0.29, 0.717) is 18.4 Å². The summed E-state index contributed by atoms with van der Waals surface area (Å²) in [6.07, 6.45) is 4.03. The van der Waals surface area contributed by atoms with Crippen molar-refractivity contribution in [1.29, 1.82) is 5.26 Å². The molecule has 6 heteroatoms. The number of esters is 1. The van der Waals surface area contributed by atoms with Gasteiger partial charge in [0.15, 0.2) is 6.61 Å². The van der Waals surface area contributed by atoms with E-state index < -0.39 is 29.8 Å². The molecule has 0 heterocycles. The van der Waals surface area contributed by atoms with Crippen LogP contribution >= 0.6 is 0 Å². The van der Waals surface area contributed by atoms with Crippen LogP contribution < -0.4 is 5.32 Å². The Hall–Kier alpha value is -2.42. The molecule has 1 aromatic rings. The molecule has 1 amide bonds. The number of nitriles is 1. The highest BCUT2D eigenvalue weighted by Gasteiger charge is 2.33. The molecule has 0 spiro atoms.